The second-order valence-electron chi connectivity index (χ2n) is 5.98. The summed E-state index contributed by atoms with van der Waals surface area (Å²) in [6.07, 6.45) is 11.9. The highest BCUT2D eigenvalue weighted by Gasteiger charge is 2.16. The molecule has 2 aliphatic rings. The standard InChI is InChI=1S/C21H14N4O3/c1-2-8-22-11-14-4-7-18-20(28-13-27-18)19(14)25-21-16-10-15(26-9-3-1)5-6-17(16)23-12-24-21/h1-12H,13H2/b2-1-,9-3-,14-11-,22-8-,25-19+. The van der Waals surface area contributed by atoms with Crippen LogP contribution >= 0.6 is 0 Å². The Morgan fingerprint density at radius 2 is 1.93 bits per heavy atom. The van der Waals surface area contributed by atoms with E-state index in [-0.39, 0.29) is 6.79 Å². The highest BCUT2D eigenvalue weighted by molar-refractivity contribution is 5.88. The summed E-state index contributed by atoms with van der Waals surface area (Å²) in [5.74, 6) is 2.39. The summed E-state index contributed by atoms with van der Waals surface area (Å²) in [6, 6.07) is 9.33. The zero-order valence-corrected chi connectivity index (χ0v) is 14.6. The summed E-state index contributed by atoms with van der Waals surface area (Å²) in [5.41, 5.74) is 0.766. The Labute approximate surface area is 159 Å². The molecule has 0 atom stereocenters. The average molecular weight is 370 g/mol. The highest BCUT2D eigenvalue weighted by Crippen LogP contribution is 2.29. The molecule has 0 radical (unpaired) electrons. The van der Waals surface area contributed by atoms with Crippen LogP contribution in [0.15, 0.2) is 71.1 Å². The largest absolute Gasteiger partial charge is 0.465 e. The summed E-state index contributed by atoms with van der Waals surface area (Å²) in [6.45, 7) is 0.154. The molecule has 0 aliphatic carbocycles. The fraction of sp³-hybridized carbons (Fsp3) is 0.0476. The number of benzene rings is 2. The molecule has 0 spiro atoms. The van der Waals surface area contributed by atoms with E-state index in [2.05, 4.69) is 15.0 Å². The Morgan fingerprint density at radius 1 is 0.929 bits per heavy atom. The highest BCUT2D eigenvalue weighted by atomic mass is 16.7. The average Bonchev–Trinajstić information content (AvgIpc) is 3.20. The molecule has 0 amide bonds. The van der Waals surface area contributed by atoms with Crippen molar-refractivity contribution in [2.24, 2.45) is 9.98 Å². The number of fused-ring (bicyclic) bond motifs is 4. The molecule has 136 valence electrons. The van der Waals surface area contributed by atoms with Crippen molar-refractivity contribution in [3.8, 4) is 17.2 Å². The van der Waals surface area contributed by atoms with Crippen LogP contribution in [0.25, 0.3) is 17.1 Å². The maximum absolute atomic E-state index is 5.66. The third-order valence-electron chi connectivity index (χ3n) is 4.24. The molecule has 1 aromatic heterocycles. The molecular formula is C21H14N4O3. The topological polar surface area (TPSA) is 78.2 Å². The Balaban J connectivity index is 1.85. The molecule has 3 heterocycles. The van der Waals surface area contributed by atoms with Gasteiger partial charge in [-0.2, -0.15) is 0 Å². The van der Waals surface area contributed by atoms with Crippen LogP contribution in [0.1, 0.15) is 0 Å². The third-order valence-corrected chi connectivity index (χ3v) is 4.24. The number of aromatic nitrogens is 2. The van der Waals surface area contributed by atoms with Gasteiger partial charge in [-0.25, -0.2) is 15.0 Å². The van der Waals surface area contributed by atoms with Gasteiger partial charge in [-0.05, 0) is 42.5 Å². The molecule has 0 saturated heterocycles. The minimum Gasteiger partial charge on any atom is -0.465 e. The second kappa shape index (κ2) is 6.96. The zero-order chi connectivity index (χ0) is 18.8. The van der Waals surface area contributed by atoms with Gasteiger partial charge in [-0.3, -0.25) is 4.99 Å². The molecule has 7 nitrogen and oxygen atoms in total. The van der Waals surface area contributed by atoms with E-state index in [1.54, 1.807) is 24.8 Å². The minimum absolute atomic E-state index is 0.154. The monoisotopic (exact) mass is 370 g/mol. The zero-order valence-electron chi connectivity index (χ0n) is 14.6. The van der Waals surface area contributed by atoms with Crippen molar-refractivity contribution < 1.29 is 14.2 Å². The van der Waals surface area contributed by atoms with E-state index in [9.17, 15) is 0 Å². The first-order valence-corrected chi connectivity index (χ1v) is 8.62. The predicted molar refractivity (Wildman–Crippen MR) is 104 cm³/mol. The molecule has 2 aromatic carbocycles. The van der Waals surface area contributed by atoms with Gasteiger partial charge in [0.2, 0.25) is 6.79 Å². The van der Waals surface area contributed by atoms with Crippen LogP contribution in [0, 0.1) is 0 Å². The van der Waals surface area contributed by atoms with Gasteiger partial charge in [-0.1, -0.05) is 6.08 Å². The number of ether oxygens (including phenoxy) is 3. The maximum atomic E-state index is 5.66. The van der Waals surface area contributed by atoms with E-state index in [0.717, 1.165) is 16.1 Å². The summed E-state index contributed by atoms with van der Waals surface area (Å²) >= 11 is 0. The first-order valence-electron chi connectivity index (χ1n) is 8.62. The quantitative estimate of drug-likeness (QED) is 0.608. The van der Waals surface area contributed by atoms with E-state index in [4.69, 9.17) is 19.2 Å². The number of hydrogen-bond acceptors (Lipinski definition) is 7. The molecular weight excluding hydrogens is 356 g/mol. The number of aliphatic imine (C=N–C) groups is 1. The molecule has 7 heteroatoms. The Bertz CT molecular complexity index is 1280. The van der Waals surface area contributed by atoms with Crippen LogP contribution < -0.4 is 24.8 Å². The van der Waals surface area contributed by atoms with Crippen LogP contribution in [0.5, 0.6) is 17.2 Å². The van der Waals surface area contributed by atoms with E-state index in [1.165, 1.54) is 6.33 Å². The van der Waals surface area contributed by atoms with Gasteiger partial charge < -0.3 is 14.2 Å². The molecule has 5 rings (SSSR count). The van der Waals surface area contributed by atoms with Gasteiger partial charge in [0.15, 0.2) is 17.3 Å². The summed E-state index contributed by atoms with van der Waals surface area (Å²) < 4.78 is 16.8. The molecule has 0 fully saturated rings. The molecule has 2 bridgehead atoms. The van der Waals surface area contributed by atoms with Crippen molar-refractivity contribution in [3.63, 3.8) is 0 Å². The lowest BCUT2D eigenvalue weighted by atomic mass is 10.2. The van der Waals surface area contributed by atoms with Gasteiger partial charge in [0, 0.05) is 23.0 Å². The van der Waals surface area contributed by atoms with E-state index in [0.29, 0.717) is 28.4 Å². The fourth-order valence-electron chi connectivity index (χ4n) is 2.93. The smallest absolute Gasteiger partial charge is 0.231 e. The Kier molecular flexibility index (Phi) is 4.02. The summed E-state index contributed by atoms with van der Waals surface area (Å²) in [7, 11) is 0. The number of hydrogen-bond donors (Lipinski definition) is 0. The predicted octanol–water partition coefficient (Wildman–Crippen LogP) is 2.58. The molecule has 2 aliphatic heterocycles. The number of rotatable bonds is 0. The van der Waals surface area contributed by atoms with Crippen LogP contribution in [0.3, 0.4) is 0 Å². The number of allylic oxidation sites excluding steroid dienone is 3. The first-order chi connectivity index (χ1) is 13.9. The number of nitrogens with zero attached hydrogens (tertiary/aromatic N) is 4. The molecule has 3 aromatic rings. The van der Waals surface area contributed by atoms with Crippen molar-refractivity contribution >= 4 is 29.1 Å². The van der Waals surface area contributed by atoms with Crippen molar-refractivity contribution in [3.05, 3.63) is 71.7 Å². The minimum atomic E-state index is 0.154. The SMILES string of the molecule is C1=C\C=N/C=c2/ccc3c(/c2=N/c2ncnc4ccc(cc24)O\C=C/1)OCO3. The van der Waals surface area contributed by atoms with Crippen molar-refractivity contribution in [2.75, 3.05) is 6.79 Å². The van der Waals surface area contributed by atoms with Gasteiger partial charge in [0.05, 0.1) is 11.8 Å². The normalized spacial score (nSPS) is 20.4. The Hall–Kier alpha value is -4.00. The van der Waals surface area contributed by atoms with E-state index < -0.39 is 0 Å². The molecule has 0 saturated carbocycles. The van der Waals surface area contributed by atoms with E-state index in [1.807, 2.05) is 42.5 Å². The van der Waals surface area contributed by atoms with Crippen molar-refractivity contribution in [2.45, 2.75) is 0 Å². The van der Waals surface area contributed by atoms with Crippen LogP contribution in [0.4, 0.5) is 5.82 Å². The van der Waals surface area contributed by atoms with Crippen molar-refractivity contribution in [1.82, 2.24) is 9.97 Å². The lowest BCUT2D eigenvalue weighted by Gasteiger charge is -2.04. The van der Waals surface area contributed by atoms with Gasteiger partial charge in [0.25, 0.3) is 0 Å². The molecule has 0 unspecified atom stereocenters. The summed E-state index contributed by atoms with van der Waals surface area (Å²) in [5, 5.41) is 2.17. The van der Waals surface area contributed by atoms with Gasteiger partial charge in [0.1, 0.15) is 17.4 Å². The Morgan fingerprint density at radius 3 is 2.93 bits per heavy atom. The summed E-state index contributed by atoms with van der Waals surface area (Å²) in [4.78, 5) is 17.8. The van der Waals surface area contributed by atoms with Crippen molar-refractivity contribution in [1.29, 1.82) is 0 Å². The van der Waals surface area contributed by atoms with E-state index >= 15 is 0 Å². The van der Waals surface area contributed by atoms with Gasteiger partial charge >= 0.3 is 0 Å². The first kappa shape index (κ1) is 16.2. The maximum Gasteiger partial charge on any atom is 0.231 e. The molecule has 28 heavy (non-hydrogen) atoms. The third kappa shape index (κ3) is 2.99. The lowest BCUT2D eigenvalue weighted by Crippen LogP contribution is -2.25. The van der Waals surface area contributed by atoms with Crippen LogP contribution in [0.2, 0.25) is 0 Å². The van der Waals surface area contributed by atoms with Crippen LogP contribution in [-0.2, 0) is 0 Å². The fourth-order valence-corrected chi connectivity index (χ4v) is 2.93. The van der Waals surface area contributed by atoms with Crippen LogP contribution in [-0.4, -0.2) is 23.0 Å². The second-order valence-corrected chi connectivity index (χ2v) is 5.98. The lowest BCUT2D eigenvalue weighted by molar-refractivity contribution is 0.173. The van der Waals surface area contributed by atoms with Gasteiger partial charge in [-0.15, -0.1) is 0 Å². The molecule has 0 N–H and O–H groups in total.